The molecule has 0 fully saturated rings. The van der Waals surface area contributed by atoms with Crippen molar-refractivity contribution in [2.24, 2.45) is 5.92 Å². The Labute approximate surface area is 104 Å². The Kier molecular flexibility index (Phi) is 4.57. The summed E-state index contributed by atoms with van der Waals surface area (Å²) in [5.41, 5.74) is 2.45. The summed E-state index contributed by atoms with van der Waals surface area (Å²) < 4.78 is 5.94. The Morgan fingerprint density at radius 1 is 1.53 bits per heavy atom. The van der Waals surface area contributed by atoms with Crippen LogP contribution in [0.5, 0.6) is 0 Å². The van der Waals surface area contributed by atoms with Gasteiger partial charge in [-0.25, -0.2) is 0 Å². The third-order valence-electron chi connectivity index (χ3n) is 2.38. The lowest BCUT2D eigenvalue weighted by Crippen LogP contribution is -2.15. The number of hydrogen-bond acceptors (Lipinski definition) is 2. The van der Waals surface area contributed by atoms with Gasteiger partial charge in [0, 0.05) is 3.57 Å². The predicted molar refractivity (Wildman–Crippen MR) is 68.8 cm³/mol. The SMILES string of the molecule is COC(=O)[C@@H](C)Cc1ccc(C)c(I)c1. The van der Waals surface area contributed by atoms with Crippen molar-refractivity contribution in [1.29, 1.82) is 0 Å². The van der Waals surface area contributed by atoms with Gasteiger partial charge in [-0.2, -0.15) is 0 Å². The van der Waals surface area contributed by atoms with Crippen LogP contribution < -0.4 is 0 Å². The van der Waals surface area contributed by atoms with E-state index in [1.807, 2.05) is 6.92 Å². The number of methoxy groups -OCH3 is 1. The van der Waals surface area contributed by atoms with E-state index in [0.29, 0.717) is 0 Å². The number of hydrogen-bond donors (Lipinski definition) is 0. The third kappa shape index (κ3) is 3.48. The molecule has 1 aromatic rings. The maximum atomic E-state index is 11.2. The van der Waals surface area contributed by atoms with Crippen molar-refractivity contribution < 1.29 is 9.53 Å². The van der Waals surface area contributed by atoms with Gasteiger partial charge in [0.25, 0.3) is 0 Å². The maximum Gasteiger partial charge on any atom is 0.308 e. The largest absolute Gasteiger partial charge is 0.469 e. The molecule has 1 aromatic carbocycles. The van der Waals surface area contributed by atoms with Crippen LogP contribution in [-0.4, -0.2) is 13.1 Å². The summed E-state index contributed by atoms with van der Waals surface area (Å²) in [4.78, 5) is 11.2. The molecule has 0 saturated carbocycles. The van der Waals surface area contributed by atoms with Crippen molar-refractivity contribution in [2.75, 3.05) is 7.11 Å². The van der Waals surface area contributed by atoms with Crippen LogP contribution in [0.4, 0.5) is 0 Å². The van der Waals surface area contributed by atoms with Gasteiger partial charge in [-0.1, -0.05) is 19.1 Å². The number of ether oxygens (including phenoxy) is 1. The lowest BCUT2D eigenvalue weighted by molar-refractivity contribution is -0.144. The standard InChI is InChI=1S/C12H15IO2/c1-8-4-5-10(7-11(8)13)6-9(2)12(14)15-3/h4-5,7,9H,6H2,1-3H3/t9-/m0/s1. The van der Waals surface area contributed by atoms with E-state index in [0.717, 1.165) is 6.42 Å². The summed E-state index contributed by atoms with van der Waals surface area (Å²) in [7, 11) is 1.43. The van der Waals surface area contributed by atoms with Gasteiger partial charge < -0.3 is 4.74 Å². The summed E-state index contributed by atoms with van der Waals surface area (Å²) in [5.74, 6) is -0.223. The first-order valence-electron chi connectivity index (χ1n) is 4.87. The molecular weight excluding hydrogens is 303 g/mol. The zero-order valence-electron chi connectivity index (χ0n) is 9.21. The minimum absolute atomic E-state index is 0.0755. The fourth-order valence-corrected chi connectivity index (χ4v) is 1.98. The van der Waals surface area contributed by atoms with E-state index >= 15 is 0 Å². The second-order valence-electron chi connectivity index (χ2n) is 3.71. The second kappa shape index (κ2) is 5.49. The van der Waals surface area contributed by atoms with E-state index in [4.69, 9.17) is 4.74 Å². The molecule has 1 rings (SSSR count). The zero-order chi connectivity index (χ0) is 11.4. The molecule has 0 saturated heterocycles. The molecule has 82 valence electrons. The van der Waals surface area contributed by atoms with E-state index in [-0.39, 0.29) is 11.9 Å². The fourth-order valence-electron chi connectivity index (χ4n) is 1.40. The number of aryl methyl sites for hydroxylation is 1. The van der Waals surface area contributed by atoms with Crippen LogP contribution in [-0.2, 0) is 16.0 Å². The molecule has 0 unspecified atom stereocenters. The second-order valence-corrected chi connectivity index (χ2v) is 4.87. The molecule has 0 heterocycles. The number of halogens is 1. The molecule has 0 aliphatic carbocycles. The van der Waals surface area contributed by atoms with Gasteiger partial charge in [-0.15, -0.1) is 0 Å². The molecule has 0 aromatic heterocycles. The summed E-state index contributed by atoms with van der Waals surface area (Å²) >= 11 is 2.31. The number of carbonyl (C=O) groups is 1. The number of benzene rings is 1. The lowest BCUT2D eigenvalue weighted by Gasteiger charge is -2.09. The molecule has 0 bridgehead atoms. The Balaban J connectivity index is 2.73. The molecule has 0 amide bonds. The monoisotopic (exact) mass is 318 g/mol. The highest BCUT2D eigenvalue weighted by atomic mass is 127. The molecule has 1 atom stereocenters. The van der Waals surface area contributed by atoms with Crippen LogP contribution in [0, 0.1) is 16.4 Å². The molecule has 3 heteroatoms. The first-order valence-corrected chi connectivity index (χ1v) is 5.95. The van der Waals surface area contributed by atoms with Gasteiger partial charge in [-0.3, -0.25) is 4.79 Å². The first-order chi connectivity index (χ1) is 7.04. The highest BCUT2D eigenvalue weighted by Gasteiger charge is 2.13. The molecule has 2 nitrogen and oxygen atoms in total. The zero-order valence-corrected chi connectivity index (χ0v) is 11.4. The van der Waals surface area contributed by atoms with E-state index in [2.05, 4.69) is 47.7 Å². The average molecular weight is 318 g/mol. The van der Waals surface area contributed by atoms with Crippen LogP contribution in [0.1, 0.15) is 18.1 Å². The van der Waals surface area contributed by atoms with E-state index in [1.54, 1.807) is 0 Å². The van der Waals surface area contributed by atoms with E-state index in [9.17, 15) is 4.79 Å². The summed E-state index contributed by atoms with van der Waals surface area (Å²) in [6, 6.07) is 6.27. The van der Waals surface area contributed by atoms with Gasteiger partial charge in [0.05, 0.1) is 13.0 Å². The molecule has 0 radical (unpaired) electrons. The van der Waals surface area contributed by atoms with Crippen LogP contribution in [0.15, 0.2) is 18.2 Å². The summed E-state index contributed by atoms with van der Waals surface area (Å²) in [6.07, 6.45) is 0.739. The molecule has 0 N–H and O–H groups in total. The van der Waals surface area contributed by atoms with Crippen molar-refractivity contribution >= 4 is 28.6 Å². The van der Waals surface area contributed by atoms with Gasteiger partial charge >= 0.3 is 5.97 Å². The molecule has 0 spiro atoms. The smallest absolute Gasteiger partial charge is 0.308 e. The van der Waals surface area contributed by atoms with Gasteiger partial charge in [0.1, 0.15) is 0 Å². The van der Waals surface area contributed by atoms with Crippen molar-refractivity contribution in [3.8, 4) is 0 Å². The van der Waals surface area contributed by atoms with Crippen LogP contribution in [0.3, 0.4) is 0 Å². The number of carbonyl (C=O) groups excluding carboxylic acids is 1. The van der Waals surface area contributed by atoms with Gasteiger partial charge in [0.2, 0.25) is 0 Å². The highest BCUT2D eigenvalue weighted by molar-refractivity contribution is 14.1. The van der Waals surface area contributed by atoms with Gasteiger partial charge in [0.15, 0.2) is 0 Å². The van der Waals surface area contributed by atoms with Crippen molar-refractivity contribution in [3.05, 3.63) is 32.9 Å². The fraction of sp³-hybridized carbons (Fsp3) is 0.417. The normalized spacial score (nSPS) is 12.3. The van der Waals surface area contributed by atoms with E-state index in [1.165, 1.54) is 21.8 Å². The Hall–Kier alpha value is -0.580. The summed E-state index contributed by atoms with van der Waals surface area (Å²) in [5, 5.41) is 0. The Morgan fingerprint density at radius 3 is 2.73 bits per heavy atom. The highest BCUT2D eigenvalue weighted by Crippen LogP contribution is 2.16. The molecular formula is C12H15IO2. The quantitative estimate of drug-likeness (QED) is 0.633. The van der Waals surface area contributed by atoms with Crippen molar-refractivity contribution in [3.63, 3.8) is 0 Å². The minimum atomic E-state index is -0.148. The number of esters is 1. The molecule has 15 heavy (non-hydrogen) atoms. The van der Waals surface area contributed by atoms with Crippen LogP contribution in [0.25, 0.3) is 0 Å². The molecule has 0 aliphatic heterocycles. The first kappa shape index (κ1) is 12.5. The lowest BCUT2D eigenvalue weighted by atomic mass is 10.0. The van der Waals surface area contributed by atoms with Crippen molar-refractivity contribution in [2.45, 2.75) is 20.3 Å². The van der Waals surface area contributed by atoms with Crippen LogP contribution >= 0.6 is 22.6 Å². The Morgan fingerprint density at radius 2 is 2.20 bits per heavy atom. The summed E-state index contributed by atoms with van der Waals surface area (Å²) in [6.45, 7) is 3.97. The van der Waals surface area contributed by atoms with Crippen molar-refractivity contribution in [1.82, 2.24) is 0 Å². The Bertz CT molecular complexity index is 361. The van der Waals surface area contributed by atoms with Crippen LogP contribution in [0.2, 0.25) is 0 Å². The predicted octanol–water partition coefficient (Wildman–Crippen LogP) is 2.95. The third-order valence-corrected chi connectivity index (χ3v) is 3.54. The maximum absolute atomic E-state index is 11.2. The topological polar surface area (TPSA) is 26.3 Å². The molecule has 0 aliphatic rings. The minimum Gasteiger partial charge on any atom is -0.469 e. The van der Waals surface area contributed by atoms with Gasteiger partial charge in [-0.05, 0) is 53.1 Å². The average Bonchev–Trinajstić information content (AvgIpc) is 2.22. The number of rotatable bonds is 3. The van der Waals surface area contributed by atoms with E-state index < -0.39 is 0 Å².